The van der Waals surface area contributed by atoms with Crippen LogP contribution in [0.15, 0.2) is 36.7 Å². The fourth-order valence-corrected chi connectivity index (χ4v) is 3.81. The Morgan fingerprint density at radius 1 is 1.26 bits per heavy atom. The lowest BCUT2D eigenvalue weighted by Crippen LogP contribution is -2.33. The van der Waals surface area contributed by atoms with Gasteiger partial charge in [-0.15, -0.1) is 0 Å². The van der Waals surface area contributed by atoms with Crippen molar-refractivity contribution in [3.63, 3.8) is 0 Å². The van der Waals surface area contributed by atoms with Crippen LogP contribution in [0.25, 0.3) is 22.2 Å². The van der Waals surface area contributed by atoms with Crippen molar-refractivity contribution >= 4 is 16.8 Å². The fourth-order valence-electron chi connectivity index (χ4n) is 3.81. The molecule has 0 bridgehead atoms. The van der Waals surface area contributed by atoms with Crippen molar-refractivity contribution in [1.29, 1.82) is 0 Å². The van der Waals surface area contributed by atoms with Crippen LogP contribution in [0.1, 0.15) is 55.6 Å². The summed E-state index contributed by atoms with van der Waals surface area (Å²) in [5.41, 5.74) is 4.48. The van der Waals surface area contributed by atoms with Gasteiger partial charge in [0.2, 0.25) is 0 Å². The van der Waals surface area contributed by atoms with E-state index in [1.54, 1.807) is 0 Å². The predicted molar refractivity (Wildman–Crippen MR) is 108 cm³/mol. The normalized spacial score (nSPS) is 17.2. The first-order valence-electron chi connectivity index (χ1n) is 9.71. The molecule has 1 aliphatic heterocycles. The Bertz CT molecular complexity index is 1000. The standard InChI is InChI=1S/C22H26N4O/c1-14(2)26-13-17(12-23-26)20-11-19(22(27)25-9-5-6-16(25)4)18-8-7-15(3)10-21(18)24-20/h7-8,10-14,16H,5-6,9H2,1-4H3/t16-/m0/s1. The number of fused-ring (bicyclic) bond motifs is 1. The molecule has 140 valence electrons. The molecule has 1 aliphatic rings. The van der Waals surface area contributed by atoms with Crippen LogP contribution in [0.3, 0.4) is 0 Å². The largest absolute Gasteiger partial charge is 0.336 e. The second kappa shape index (κ2) is 6.80. The zero-order valence-corrected chi connectivity index (χ0v) is 16.4. The third-order valence-electron chi connectivity index (χ3n) is 5.44. The second-order valence-corrected chi connectivity index (χ2v) is 7.87. The lowest BCUT2D eigenvalue weighted by Gasteiger charge is -2.22. The van der Waals surface area contributed by atoms with E-state index in [1.165, 1.54) is 0 Å². The number of aromatic nitrogens is 3. The Labute approximate surface area is 160 Å². The van der Waals surface area contributed by atoms with E-state index in [0.717, 1.165) is 52.7 Å². The number of likely N-dealkylation sites (tertiary alicyclic amines) is 1. The molecule has 0 radical (unpaired) electrons. The molecule has 3 heterocycles. The second-order valence-electron chi connectivity index (χ2n) is 7.87. The highest BCUT2D eigenvalue weighted by molar-refractivity contribution is 6.07. The minimum Gasteiger partial charge on any atom is -0.336 e. The molecule has 0 saturated carbocycles. The van der Waals surface area contributed by atoms with Gasteiger partial charge < -0.3 is 4.90 Å². The highest BCUT2D eigenvalue weighted by Gasteiger charge is 2.27. The molecular weight excluding hydrogens is 336 g/mol. The number of nitrogens with zero attached hydrogens (tertiary/aromatic N) is 4. The van der Waals surface area contributed by atoms with E-state index < -0.39 is 0 Å². The highest BCUT2D eigenvalue weighted by atomic mass is 16.2. The van der Waals surface area contributed by atoms with Crippen LogP contribution in [-0.2, 0) is 0 Å². The number of carbonyl (C=O) groups excluding carboxylic acids is 1. The number of pyridine rings is 1. The molecule has 3 aromatic rings. The van der Waals surface area contributed by atoms with Gasteiger partial charge in [0.15, 0.2) is 0 Å². The number of hydrogen-bond donors (Lipinski definition) is 0. The fraction of sp³-hybridized carbons (Fsp3) is 0.409. The Morgan fingerprint density at radius 2 is 2.07 bits per heavy atom. The summed E-state index contributed by atoms with van der Waals surface area (Å²) in [5.74, 6) is 0.105. The molecule has 2 aromatic heterocycles. The van der Waals surface area contributed by atoms with Gasteiger partial charge in [-0.25, -0.2) is 4.98 Å². The van der Waals surface area contributed by atoms with Gasteiger partial charge in [0.05, 0.1) is 23.0 Å². The van der Waals surface area contributed by atoms with Gasteiger partial charge in [-0.3, -0.25) is 9.48 Å². The minimum atomic E-state index is 0.105. The van der Waals surface area contributed by atoms with Crippen molar-refractivity contribution in [1.82, 2.24) is 19.7 Å². The van der Waals surface area contributed by atoms with Crippen molar-refractivity contribution in [3.8, 4) is 11.3 Å². The molecule has 1 amide bonds. The number of amides is 1. The Balaban J connectivity index is 1.87. The summed E-state index contributed by atoms with van der Waals surface area (Å²) in [4.78, 5) is 20.2. The monoisotopic (exact) mass is 362 g/mol. The Kier molecular flexibility index (Phi) is 4.46. The minimum absolute atomic E-state index is 0.105. The third-order valence-corrected chi connectivity index (χ3v) is 5.44. The van der Waals surface area contributed by atoms with Gasteiger partial charge in [-0.1, -0.05) is 12.1 Å². The number of hydrogen-bond acceptors (Lipinski definition) is 3. The van der Waals surface area contributed by atoms with E-state index >= 15 is 0 Å². The van der Waals surface area contributed by atoms with E-state index in [2.05, 4.69) is 38.9 Å². The smallest absolute Gasteiger partial charge is 0.254 e. The van der Waals surface area contributed by atoms with Gasteiger partial charge in [-0.05, 0) is 58.2 Å². The SMILES string of the molecule is Cc1ccc2c(C(=O)N3CCC[C@@H]3C)cc(-c3cnn(C(C)C)c3)nc2c1. The van der Waals surface area contributed by atoms with Gasteiger partial charge in [0.1, 0.15) is 0 Å². The molecule has 1 saturated heterocycles. The average molecular weight is 362 g/mol. The molecule has 5 nitrogen and oxygen atoms in total. The molecule has 0 spiro atoms. The van der Waals surface area contributed by atoms with E-state index in [4.69, 9.17) is 4.98 Å². The van der Waals surface area contributed by atoms with Crippen LogP contribution in [0.4, 0.5) is 0 Å². The molecule has 1 atom stereocenters. The molecule has 1 fully saturated rings. The van der Waals surface area contributed by atoms with Crippen molar-refractivity contribution in [2.24, 2.45) is 0 Å². The van der Waals surface area contributed by atoms with E-state index in [9.17, 15) is 4.79 Å². The summed E-state index contributed by atoms with van der Waals surface area (Å²) in [6.07, 6.45) is 5.98. The van der Waals surface area contributed by atoms with E-state index in [0.29, 0.717) is 6.04 Å². The molecular formula is C22H26N4O. The first-order valence-corrected chi connectivity index (χ1v) is 9.71. The maximum atomic E-state index is 13.3. The number of carbonyl (C=O) groups is 1. The molecule has 0 N–H and O–H groups in total. The van der Waals surface area contributed by atoms with Crippen LogP contribution in [0.2, 0.25) is 0 Å². The van der Waals surface area contributed by atoms with Gasteiger partial charge in [0, 0.05) is 35.8 Å². The first-order chi connectivity index (χ1) is 12.9. The molecule has 1 aromatic carbocycles. The predicted octanol–water partition coefficient (Wildman–Crippen LogP) is 4.61. The van der Waals surface area contributed by atoms with Gasteiger partial charge in [-0.2, -0.15) is 5.10 Å². The van der Waals surface area contributed by atoms with Crippen LogP contribution in [0, 0.1) is 6.92 Å². The molecule has 0 unspecified atom stereocenters. The molecule has 5 heteroatoms. The Hall–Kier alpha value is -2.69. The van der Waals surface area contributed by atoms with Crippen molar-refractivity contribution in [3.05, 3.63) is 47.8 Å². The van der Waals surface area contributed by atoms with E-state index in [-0.39, 0.29) is 11.9 Å². The highest BCUT2D eigenvalue weighted by Crippen LogP contribution is 2.29. The van der Waals surface area contributed by atoms with Crippen molar-refractivity contribution in [2.75, 3.05) is 6.54 Å². The quantitative estimate of drug-likeness (QED) is 0.683. The van der Waals surface area contributed by atoms with Crippen LogP contribution in [-0.4, -0.2) is 38.2 Å². The zero-order chi connectivity index (χ0) is 19.1. The maximum absolute atomic E-state index is 13.3. The maximum Gasteiger partial charge on any atom is 0.254 e. The summed E-state index contributed by atoms with van der Waals surface area (Å²) in [7, 11) is 0. The summed E-state index contributed by atoms with van der Waals surface area (Å²) in [6.45, 7) is 9.20. The Morgan fingerprint density at radius 3 is 2.74 bits per heavy atom. The number of aryl methyl sites for hydroxylation is 1. The number of rotatable bonds is 3. The van der Waals surface area contributed by atoms with Gasteiger partial charge >= 0.3 is 0 Å². The lowest BCUT2D eigenvalue weighted by molar-refractivity contribution is 0.0749. The lowest BCUT2D eigenvalue weighted by atomic mass is 10.0. The van der Waals surface area contributed by atoms with Crippen LogP contribution < -0.4 is 0 Å². The number of benzene rings is 1. The summed E-state index contributed by atoms with van der Waals surface area (Å²) >= 11 is 0. The third kappa shape index (κ3) is 3.22. The van der Waals surface area contributed by atoms with Crippen LogP contribution >= 0.6 is 0 Å². The average Bonchev–Trinajstić information content (AvgIpc) is 3.29. The summed E-state index contributed by atoms with van der Waals surface area (Å²) < 4.78 is 1.92. The van der Waals surface area contributed by atoms with E-state index in [1.807, 2.05) is 40.2 Å². The molecule has 4 rings (SSSR count). The topological polar surface area (TPSA) is 51.0 Å². The van der Waals surface area contributed by atoms with Gasteiger partial charge in [0.25, 0.3) is 5.91 Å². The van der Waals surface area contributed by atoms with Crippen molar-refractivity contribution in [2.45, 2.75) is 52.6 Å². The van der Waals surface area contributed by atoms with Crippen molar-refractivity contribution < 1.29 is 4.79 Å². The summed E-state index contributed by atoms with van der Waals surface area (Å²) in [5, 5.41) is 5.36. The molecule has 27 heavy (non-hydrogen) atoms. The molecule has 0 aliphatic carbocycles. The van der Waals surface area contributed by atoms with Crippen LogP contribution in [0.5, 0.6) is 0 Å². The first kappa shape index (κ1) is 17.7. The summed E-state index contributed by atoms with van der Waals surface area (Å²) in [6, 6.07) is 8.63. The zero-order valence-electron chi connectivity index (χ0n) is 16.4.